The van der Waals surface area contributed by atoms with E-state index in [1.54, 1.807) is 23.2 Å². The molecule has 0 saturated carbocycles. The van der Waals surface area contributed by atoms with E-state index in [-0.39, 0.29) is 12.1 Å². The third-order valence-electron chi connectivity index (χ3n) is 3.95. The first-order valence-corrected chi connectivity index (χ1v) is 8.47. The highest BCUT2D eigenvalue weighted by molar-refractivity contribution is 7.25. The molecule has 3 aromatic heterocycles. The second-order valence-corrected chi connectivity index (χ2v) is 6.58. The number of nitrogens with one attached hydrogen (secondary N) is 1. The number of pyridine rings is 1. The fraction of sp³-hybridized carbons (Fsp3) is 0.111. The number of hydrogen-bond donors (Lipinski definition) is 1. The minimum atomic E-state index is -0.122. The molecule has 0 radical (unpaired) electrons. The number of hydrogen-bond acceptors (Lipinski definition) is 6. The predicted octanol–water partition coefficient (Wildman–Crippen LogP) is 3.24. The summed E-state index contributed by atoms with van der Waals surface area (Å²) in [4.78, 5) is 22.5. The van der Waals surface area contributed by atoms with Crippen molar-refractivity contribution in [1.29, 1.82) is 5.26 Å². The fourth-order valence-corrected chi connectivity index (χ4v) is 3.78. The Labute approximate surface area is 147 Å². The summed E-state index contributed by atoms with van der Waals surface area (Å²) >= 11 is 1.32. The van der Waals surface area contributed by atoms with Crippen molar-refractivity contribution in [3.63, 3.8) is 0 Å². The highest BCUT2D eigenvalue weighted by atomic mass is 32.1. The van der Waals surface area contributed by atoms with E-state index < -0.39 is 0 Å². The van der Waals surface area contributed by atoms with Gasteiger partial charge in [0.05, 0.1) is 22.7 Å². The fourth-order valence-electron chi connectivity index (χ4n) is 2.72. The first kappa shape index (κ1) is 15.3. The summed E-state index contributed by atoms with van der Waals surface area (Å²) in [5, 5.41) is 12.6. The van der Waals surface area contributed by atoms with Crippen LogP contribution in [0.1, 0.15) is 5.56 Å². The number of aromatic nitrogens is 3. The zero-order chi connectivity index (χ0) is 17.4. The first-order chi connectivity index (χ1) is 12.2. The van der Waals surface area contributed by atoms with Crippen LogP contribution in [0.5, 0.6) is 0 Å². The standard InChI is InChI=1S/C18H13N5OS/c1-11-2-4-12(5-3-11)23-10-22-15-14-13(20-9-7-19)6-8-21-17(14)25-16(15)18(23)24/h2-6,8,10H,9H2,1H3,(H,20,21). The van der Waals surface area contributed by atoms with Gasteiger partial charge in [0, 0.05) is 11.9 Å². The smallest absolute Gasteiger partial charge is 0.275 e. The number of anilines is 1. The quantitative estimate of drug-likeness (QED) is 0.575. The largest absolute Gasteiger partial charge is 0.372 e. The zero-order valence-electron chi connectivity index (χ0n) is 13.4. The van der Waals surface area contributed by atoms with Gasteiger partial charge >= 0.3 is 0 Å². The molecule has 0 aliphatic rings. The summed E-state index contributed by atoms with van der Waals surface area (Å²) in [6.45, 7) is 2.18. The lowest BCUT2D eigenvalue weighted by atomic mass is 10.2. The summed E-state index contributed by atoms with van der Waals surface area (Å²) in [7, 11) is 0. The second kappa shape index (κ2) is 6.00. The van der Waals surface area contributed by atoms with Gasteiger partial charge in [-0.2, -0.15) is 5.26 Å². The van der Waals surface area contributed by atoms with Crippen LogP contribution in [0.15, 0.2) is 47.7 Å². The number of aryl methyl sites for hydroxylation is 1. The van der Waals surface area contributed by atoms with Crippen molar-refractivity contribution in [1.82, 2.24) is 14.5 Å². The van der Waals surface area contributed by atoms with Crippen LogP contribution in [0.2, 0.25) is 0 Å². The van der Waals surface area contributed by atoms with Gasteiger partial charge in [-0.25, -0.2) is 9.97 Å². The van der Waals surface area contributed by atoms with Gasteiger partial charge in [0.2, 0.25) is 0 Å². The summed E-state index contributed by atoms with van der Waals surface area (Å²) in [5.74, 6) is 0. The van der Waals surface area contributed by atoms with Crippen LogP contribution in [-0.4, -0.2) is 21.1 Å². The maximum atomic E-state index is 12.9. The van der Waals surface area contributed by atoms with E-state index in [2.05, 4.69) is 21.4 Å². The van der Waals surface area contributed by atoms with Crippen LogP contribution in [0, 0.1) is 18.3 Å². The normalized spacial score (nSPS) is 10.9. The molecule has 25 heavy (non-hydrogen) atoms. The monoisotopic (exact) mass is 347 g/mol. The lowest BCUT2D eigenvalue weighted by Gasteiger charge is -2.06. The Morgan fingerprint density at radius 1 is 1.24 bits per heavy atom. The van der Waals surface area contributed by atoms with Crippen molar-refractivity contribution in [2.75, 3.05) is 11.9 Å². The molecule has 0 amide bonds. The third kappa shape index (κ3) is 2.53. The van der Waals surface area contributed by atoms with E-state index in [1.165, 1.54) is 11.3 Å². The molecule has 0 spiro atoms. The second-order valence-electron chi connectivity index (χ2n) is 5.59. The average Bonchev–Trinajstić information content (AvgIpc) is 3.01. The van der Waals surface area contributed by atoms with Crippen LogP contribution in [0.4, 0.5) is 5.69 Å². The Morgan fingerprint density at radius 3 is 2.80 bits per heavy atom. The SMILES string of the molecule is Cc1ccc(-n2cnc3c(sc4nccc(NCC#N)c43)c2=O)cc1. The Kier molecular flexibility index (Phi) is 3.67. The Bertz CT molecular complexity index is 1180. The van der Waals surface area contributed by atoms with E-state index in [0.29, 0.717) is 10.2 Å². The van der Waals surface area contributed by atoms with Gasteiger partial charge in [0.25, 0.3) is 5.56 Å². The molecule has 0 fully saturated rings. The zero-order valence-corrected chi connectivity index (χ0v) is 14.2. The van der Waals surface area contributed by atoms with Gasteiger partial charge in [-0.1, -0.05) is 17.7 Å². The molecule has 6 nitrogen and oxygen atoms in total. The van der Waals surface area contributed by atoms with Gasteiger partial charge < -0.3 is 5.32 Å². The van der Waals surface area contributed by atoms with Gasteiger partial charge in [-0.05, 0) is 25.1 Å². The van der Waals surface area contributed by atoms with Crippen molar-refractivity contribution in [2.45, 2.75) is 6.92 Å². The Morgan fingerprint density at radius 2 is 2.04 bits per heavy atom. The summed E-state index contributed by atoms with van der Waals surface area (Å²) in [5.41, 5.74) is 3.16. The van der Waals surface area contributed by atoms with Crippen LogP contribution >= 0.6 is 11.3 Å². The average molecular weight is 347 g/mol. The van der Waals surface area contributed by atoms with Gasteiger partial charge in [-0.3, -0.25) is 9.36 Å². The number of benzene rings is 1. The topological polar surface area (TPSA) is 83.6 Å². The minimum Gasteiger partial charge on any atom is -0.372 e. The number of fused-ring (bicyclic) bond motifs is 3. The molecule has 7 heteroatoms. The molecule has 0 aliphatic heterocycles. The van der Waals surface area contributed by atoms with Crippen LogP contribution in [0.3, 0.4) is 0 Å². The molecule has 0 bridgehead atoms. The molecule has 0 saturated heterocycles. The van der Waals surface area contributed by atoms with Gasteiger partial charge in [0.1, 0.15) is 22.4 Å². The molecule has 0 aliphatic carbocycles. The first-order valence-electron chi connectivity index (χ1n) is 7.66. The summed E-state index contributed by atoms with van der Waals surface area (Å²) in [6, 6.07) is 11.6. The Balaban J connectivity index is 1.96. The van der Waals surface area contributed by atoms with Gasteiger partial charge in [0.15, 0.2) is 0 Å². The molecule has 3 heterocycles. The third-order valence-corrected chi connectivity index (χ3v) is 5.03. The number of nitrogens with zero attached hydrogens (tertiary/aromatic N) is 4. The molecule has 4 aromatic rings. The van der Waals surface area contributed by atoms with E-state index in [0.717, 1.165) is 27.2 Å². The lowest BCUT2D eigenvalue weighted by molar-refractivity contribution is 0.966. The predicted molar refractivity (Wildman–Crippen MR) is 99.4 cm³/mol. The lowest BCUT2D eigenvalue weighted by Crippen LogP contribution is -2.17. The van der Waals surface area contributed by atoms with Crippen LogP contribution in [-0.2, 0) is 0 Å². The summed E-state index contributed by atoms with van der Waals surface area (Å²) < 4.78 is 2.09. The van der Waals surface area contributed by atoms with Crippen LogP contribution in [0.25, 0.3) is 26.1 Å². The van der Waals surface area contributed by atoms with E-state index >= 15 is 0 Å². The number of rotatable bonds is 3. The van der Waals surface area contributed by atoms with Crippen molar-refractivity contribution in [3.8, 4) is 11.8 Å². The van der Waals surface area contributed by atoms with Crippen molar-refractivity contribution in [2.24, 2.45) is 0 Å². The maximum absolute atomic E-state index is 12.9. The van der Waals surface area contributed by atoms with Gasteiger partial charge in [-0.15, -0.1) is 11.3 Å². The maximum Gasteiger partial charge on any atom is 0.275 e. The van der Waals surface area contributed by atoms with Crippen molar-refractivity contribution in [3.05, 3.63) is 58.8 Å². The molecular formula is C18H13N5OS. The molecule has 4 rings (SSSR count). The molecule has 0 atom stereocenters. The van der Waals surface area contributed by atoms with Crippen molar-refractivity contribution >= 4 is 37.5 Å². The molecule has 122 valence electrons. The highest BCUT2D eigenvalue weighted by Gasteiger charge is 2.15. The van der Waals surface area contributed by atoms with E-state index in [1.807, 2.05) is 31.2 Å². The van der Waals surface area contributed by atoms with Crippen LogP contribution < -0.4 is 10.9 Å². The summed E-state index contributed by atoms with van der Waals surface area (Å²) in [6.07, 6.45) is 3.21. The number of nitriles is 1. The molecule has 0 unspecified atom stereocenters. The molecule has 1 N–H and O–H groups in total. The highest BCUT2D eigenvalue weighted by Crippen LogP contribution is 2.34. The van der Waals surface area contributed by atoms with Crippen molar-refractivity contribution < 1.29 is 0 Å². The Hall–Kier alpha value is -3.24. The molecule has 1 aromatic carbocycles. The number of thiophene rings is 1. The minimum absolute atomic E-state index is 0.122. The molecular weight excluding hydrogens is 334 g/mol. The van der Waals surface area contributed by atoms with E-state index in [4.69, 9.17) is 5.26 Å². The van der Waals surface area contributed by atoms with E-state index in [9.17, 15) is 4.79 Å².